The topological polar surface area (TPSA) is 41.1 Å². The number of unbranched alkanes of at least 4 members (excludes halogenated alkanes) is 2. The van der Waals surface area contributed by atoms with Crippen molar-refractivity contribution in [3.8, 4) is 0 Å². The minimum absolute atomic E-state index is 0.0538. The predicted molar refractivity (Wildman–Crippen MR) is 85.7 cm³/mol. The molecular formula is C16H23ClN2O. The lowest BCUT2D eigenvalue weighted by Gasteiger charge is -2.11. The lowest BCUT2D eigenvalue weighted by atomic mass is 10.1. The molecule has 0 heterocycles. The van der Waals surface area contributed by atoms with Crippen LogP contribution in [0.2, 0.25) is 5.02 Å². The first-order chi connectivity index (χ1) is 9.67. The quantitative estimate of drug-likeness (QED) is 0.539. The van der Waals surface area contributed by atoms with Crippen molar-refractivity contribution in [3.63, 3.8) is 0 Å². The molecule has 1 aromatic carbocycles. The molecule has 0 aliphatic rings. The number of nitrogens with one attached hydrogen (secondary N) is 2. The van der Waals surface area contributed by atoms with Crippen molar-refractivity contribution in [1.29, 1.82) is 0 Å². The zero-order valence-corrected chi connectivity index (χ0v) is 13.0. The van der Waals surface area contributed by atoms with Crippen molar-refractivity contribution >= 4 is 23.2 Å². The Bertz CT molecular complexity index is 440. The van der Waals surface area contributed by atoms with Crippen molar-refractivity contribution in [2.24, 2.45) is 0 Å². The third kappa shape index (κ3) is 6.11. The maximum atomic E-state index is 12.1. The molecule has 0 radical (unpaired) electrons. The molecule has 4 heteroatoms. The maximum absolute atomic E-state index is 12.1. The number of rotatable bonds is 8. The van der Waals surface area contributed by atoms with Crippen LogP contribution in [0.4, 0.5) is 5.69 Å². The molecule has 20 heavy (non-hydrogen) atoms. The van der Waals surface area contributed by atoms with E-state index >= 15 is 0 Å². The number of carbonyl (C=O) groups is 1. The smallest absolute Gasteiger partial charge is 0.265 e. The van der Waals surface area contributed by atoms with Crippen LogP contribution in [0, 0.1) is 0 Å². The molecular weight excluding hydrogens is 272 g/mol. The predicted octanol–water partition coefficient (Wildman–Crippen LogP) is 4.70. The molecule has 1 aromatic rings. The lowest BCUT2D eigenvalue weighted by molar-refractivity contribution is -0.117. The standard InChI is InChI=1S/C16H23ClN2O/c1-3-5-7-13(8-6-4-2)16(20)19-18-15-11-9-14(17)10-12-15/h7,9-12,18H,3-6,8H2,1-2H3,(H,19,20)/b13-7+. The molecule has 0 unspecified atom stereocenters. The molecule has 1 amide bonds. The van der Waals surface area contributed by atoms with Crippen LogP contribution in [0.1, 0.15) is 46.0 Å². The molecule has 0 fully saturated rings. The zero-order valence-electron chi connectivity index (χ0n) is 12.2. The summed E-state index contributed by atoms with van der Waals surface area (Å²) in [5.74, 6) is -0.0538. The summed E-state index contributed by atoms with van der Waals surface area (Å²) < 4.78 is 0. The van der Waals surface area contributed by atoms with Gasteiger partial charge in [-0.15, -0.1) is 0 Å². The highest BCUT2D eigenvalue weighted by Crippen LogP contribution is 2.13. The van der Waals surface area contributed by atoms with Gasteiger partial charge in [0, 0.05) is 10.6 Å². The van der Waals surface area contributed by atoms with E-state index in [9.17, 15) is 4.79 Å². The van der Waals surface area contributed by atoms with E-state index in [2.05, 4.69) is 24.7 Å². The summed E-state index contributed by atoms with van der Waals surface area (Å²) in [5.41, 5.74) is 7.31. The summed E-state index contributed by atoms with van der Waals surface area (Å²) in [5, 5.41) is 0.674. The number of carbonyl (C=O) groups excluding carboxylic acids is 1. The summed E-state index contributed by atoms with van der Waals surface area (Å²) >= 11 is 5.81. The number of anilines is 1. The molecule has 0 spiro atoms. The number of hydrazine groups is 1. The van der Waals surface area contributed by atoms with Gasteiger partial charge < -0.3 is 0 Å². The van der Waals surface area contributed by atoms with Crippen LogP contribution in [-0.4, -0.2) is 5.91 Å². The van der Waals surface area contributed by atoms with Crippen LogP contribution < -0.4 is 10.9 Å². The van der Waals surface area contributed by atoms with Gasteiger partial charge in [-0.1, -0.05) is 44.4 Å². The fourth-order valence-corrected chi connectivity index (χ4v) is 1.86. The van der Waals surface area contributed by atoms with Gasteiger partial charge in [0.15, 0.2) is 0 Å². The monoisotopic (exact) mass is 294 g/mol. The van der Waals surface area contributed by atoms with Gasteiger partial charge in [-0.05, 0) is 43.5 Å². The van der Waals surface area contributed by atoms with Crippen molar-refractivity contribution in [3.05, 3.63) is 40.9 Å². The van der Waals surface area contributed by atoms with Gasteiger partial charge >= 0.3 is 0 Å². The van der Waals surface area contributed by atoms with Crippen molar-refractivity contribution in [1.82, 2.24) is 5.43 Å². The lowest BCUT2D eigenvalue weighted by Crippen LogP contribution is -2.30. The molecule has 0 bridgehead atoms. The van der Waals surface area contributed by atoms with Gasteiger partial charge in [0.25, 0.3) is 5.91 Å². The first kappa shape index (κ1) is 16.6. The average molecular weight is 295 g/mol. The number of benzene rings is 1. The van der Waals surface area contributed by atoms with E-state index in [0.717, 1.165) is 43.4 Å². The Labute approximate surface area is 126 Å². The number of hydrogen-bond acceptors (Lipinski definition) is 2. The molecule has 0 atom stereocenters. The van der Waals surface area contributed by atoms with E-state index in [1.165, 1.54) is 0 Å². The number of allylic oxidation sites excluding steroid dienone is 1. The molecule has 2 N–H and O–H groups in total. The maximum Gasteiger partial charge on any atom is 0.265 e. The van der Waals surface area contributed by atoms with E-state index in [1.54, 1.807) is 12.1 Å². The van der Waals surface area contributed by atoms with Crippen LogP contribution in [0.25, 0.3) is 0 Å². The Balaban J connectivity index is 2.54. The molecule has 3 nitrogen and oxygen atoms in total. The Morgan fingerprint density at radius 3 is 2.50 bits per heavy atom. The second kappa shape index (κ2) is 9.43. The zero-order chi connectivity index (χ0) is 14.8. The molecule has 0 saturated carbocycles. The van der Waals surface area contributed by atoms with Crippen LogP contribution in [-0.2, 0) is 4.79 Å². The molecule has 0 saturated heterocycles. The molecule has 0 aromatic heterocycles. The minimum Gasteiger partial charge on any atom is -0.298 e. The number of hydrogen-bond donors (Lipinski definition) is 2. The second-order valence-electron chi connectivity index (χ2n) is 4.71. The average Bonchev–Trinajstić information content (AvgIpc) is 2.46. The van der Waals surface area contributed by atoms with Gasteiger partial charge in [0.05, 0.1) is 5.69 Å². The van der Waals surface area contributed by atoms with Gasteiger partial charge in [-0.25, -0.2) is 0 Å². The van der Waals surface area contributed by atoms with E-state index in [0.29, 0.717) is 5.02 Å². The number of halogens is 1. The molecule has 0 aliphatic heterocycles. The third-order valence-corrected chi connectivity index (χ3v) is 3.19. The Hall–Kier alpha value is -1.48. The highest BCUT2D eigenvalue weighted by molar-refractivity contribution is 6.30. The Morgan fingerprint density at radius 2 is 1.90 bits per heavy atom. The fraction of sp³-hybridized carbons (Fsp3) is 0.438. The highest BCUT2D eigenvalue weighted by Gasteiger charge is 2.08. The normalized spacial score (nSPS) is 11.2. The first-order valence-corrected chi connectivity index (χ1v) is 7.56. The second-order valence-corrected chi connectivity index (χ2v) is 5.14. The van der Waals surface area contributed by atoms with E-state index in [-0.39, 0.29) is 5.91 Å². The van der Waals surface area contributed by atoms with Crippen LogP contribution in [0.5, 0.6) is 0 Å². The molecule has 1 rings (SSSR count). The van der Waals surface area contributed by atoms with Gasteiger partial charge in [0.2, 0.25) is 0 Å². The van der Waals surface area contributed by atoms with Crippen LogP contribution >= 0.6 is 11.6 Å². The minimum atomic E-state index is -0.0538. The summed E-state index contributed by atoms with van der Waals surface area (Å²) in [6.07, 6.45) is 6.96. The van der Waals surface area contributed by atoms with Crippen molar-refractivity contribution in [2.75, 3.05) is 5.43 Å². The summed E-state index contributed by atoms with van der Waals surface area (Å²) in [7, 11) is 0. The summed E-state index contributed by atoms with van der Waals surface area (Å²) in [6.45, 7) is 4.24. The summed E-state index contributed by atoms with van der Waals surface area (Å²) in [4.78, 5) is 12.1. The van der Waals surface area contributed by atoms with E-state index in [4.69, 9.17) is 11.6 Å². The van der Waals surface area contributed by atoms with Crippen LogP contribution in [0.3, 0.4) is 0 Å². The third-order valence-electron chi connectivity index (χ3n) is 2.94. The fourth-order valence-electron chi connectivity index (χ4n) is 1.74. The Morgan fingerprint density at radius 1 is 1.20 bits per heavy atom. The first-order valence-electron chi connectivity index (χ1n) is 7.18. The number of amides is 1. The van der Waals surface area contributed by atoms with Crippen molar-refractivity contribution < 1.29 is 4.79 Å². The van der Waals surface area contributed by atoms with E-state index in [1.807, 2.05) is 18.2 Å². The highest BCUT2D eigenvalue weighted by atomic mass is 35.5. The van der Waals surface area contributed by atoms with Crippen LogP contribution in [0.15, 0.2) is 35.9 Å². The van der Waals surface area contributed by atoms with Gasteiger partial charge in [-0.3, -0.25) is 15.6 Å². The van der Waals surface area contributed by atoms with E-state index < -0.39 is 0 Å². The molecule has 0 aliphatic carbocycles. The largest absolute Gasteiger partial charge is 0.298 e. The summed E-state index contributed by atoms with van der Waals surface area (Å²) in [6, 6.07) is 7.20. The Kier molecular flexibility index (Phi) is 7.81. The van der Waals surface area contributed by atoms with Crippen molar-refractivity contribution in [2.45, 2.75) is 46.0 Å². The molecule has 110 valence electrons. The van der Waals surface area contributed by atoms with Gasteiger partial charge in [0.1, 0.15) is 0 Å². The SMILES string of the molecule is CCC/C=C(\CCCC)C(=O)NNc1ccc(Cl)cc1. The van der Waals surface area contributed by atoms with Gasteiger partial charge in [-0.2, -0.15) is 0 Å².